The van der Waals surface area contributed by atoms with Gasteiger partial charge in [-0.05, 0) is 74.1 Å². The molecule has 0 aliphatic rings. The highest BCUT2D eigenvalue weighted by Gasteiger charge is 2.33. The normalized spacial score (nSPS) is 16.6. The van der Waals surface area contributed by atoms with Crippen LogP contribution in [0.4, 0.5) is 0 Å². The molecule has 0 saturated heterocycles. The van der Waals surface area contributed by atoms with Crippen LogP contribution in [0.25, 0.3) is 0 Å². The number of rotatable bonds is 6. The van der Waals surface area contributed by atoms with Crippen molar-refractivity contribution in [1.82, 2.24) is 10.3 Å². The summed E-state index contributed by atoms with van der Waals surface area (Å²) in [7, 11) is 4.23. The van der Waals surface area contributed by atoms with Crippen LogP contribution in [-0.2, 0) is 6.42 Å². The number of likely N-dealkylation sites (N-methyl/N-ethyl adjacent to an activating group) is 1. The minimum atomic E-state index is 0.0533. The fraction of sp³-hybridized carbons (Fsp3) is 0.571. The first-order chi connectivity index (χ1) is 8.43. The van der Waals surface area contributed by atoms with Crippen LogP contribution in [0.15, 0.2) is 24.3 Å². The van der Waals surface area contributed by atoms with Gasteiger partial charge in [-0.2, -0.15) is 0 Å². The molecule has 1 rings (SSSR count). The summed E-state index contributed by atoms with van der Waals surface area (Å²) < 4.78 is 1.26. The maximum atomic E-state index is 5.77. The molecular weight excluding hydrogens is 337 g/mol. The Kier molecular flexibility index (Phi) is 6.04. The molecular formula is C14H24IN3. The zero-order valence-electron chi connectivity index (χ0n) is 11.7. The maximum Gasteiger partial charge on any atom is 0.0432 e. The summed E-state index contributed by atoms with van der Waals surface area (Å²) >= 11 is 2.33. The van der Waals surface area contributed by atoms with E-state index in [4.69, 9.17) is 5.84 Å². The summed E-state index contributed by atoms with van der Waals surface area (Å²) in [6.07, 6.45) is 2.00. The van der Waals surface area contributed by atoms with Crippen molar-refractivity contribution in [2.24, 2.45) is 5.84 Å². The Morgan fingerprint density at radius 2 is 1.89 bits per heavy atom. The van der Waals surface area contributed by atoms with Gasteiger partial charge in [0.05, 0.1) is 0 Å². The van der Waals surface area contributed by atoms with Gasteiger partial charge in [-0.3, -0.25) is 11.3 Å². The van der Waals surface area contributed by atoms with E-state index < -0.39 is 0 Å². The lowest BCUT2D eigenvalue weighted by Crippen LogP contribution is -2.59. The van der Waals surface area contributed by atoms with Crippen LogP contribution in [0, 0.1) is 3.57 Å². The van der Waals surface area contributed by atoms with E-state index in [1.54, 1.807) is 0 Å². The number of hydrogen-bond acceptors (Lipinski definition) is 3. The van der Waals surface area contributed by atoms with Gasteiger partial charge in [-0.15, -0.1) is 0 Å². The van der Waals surface area contributed by atoms with Gasteiger partial charge in [0.2, 0.25) is 0 Å². The Morgan fingerprint density at radius 1 is 1.33 bits per heavy atom. The Hall–Kier alpha value is -0.170. The molecule has 2 atom stereocenters. The van der Waals surface area contributed by atoms with Crippen molar-refractivity contribution in [1.29, 1.82) is 0 Å². The van der Waals surface area contributed by atoms with E-state index in [1.165, 1.54) is 9.13 Å². The summed E-state index contributed by atoms with van der Waals surface area (Å²) in [6.45, 7) is 4.46. The Labute approximate surface area is 124 Å². The molecule has 0 fully saturated rings. The zero-order chi connectivity index (χ0) is 13.8. The van der Waals surface area contributed by atoms with Gasteiger partial charge in [0.15, 0.2) is 0 Å². The first kappa shape index (κ1) is 15.9. The predicted octanol–water partition coefficient (Wildman–Crippen LogP) is 2.40. The molecule has 18 heavy (non-hydrogen) atoms. The largest absolute Gasteiger partial charge is 0.302 e. The van der Waals surface area contributed by atoms with Crippen LogP contribution in [0.1, 0.15) is 25.8 Å². The van der Waals surface area contributed by atoms with Crippen molar-refractivity contribution >= 4 is 22.6 Å². The molecule has 0 saturated carbocycles. The smallest absolute Gasteiger partial charge is 0.0432 e. The van der Waals surface area contributed by atoms with Crippen molar-refractivity contribution in [3.05, 3.63) is 33.4 Å². The molecule has 0 bridgehead atoms. The SMILES string of the molecule is CCC(C)(C(Cc1ccc(I)cc1)NN)N(C)C. The Morgan fingerprint density at radius 3 is 2.28 bits per heavy atom. The van der Waals surface area contributed by atoms with Crippen molar-refractivity contribution < 1.29 is 0 Å². The molecule has 2 unspecified atom stereocenters. The minimum Gasteiger partial charge on any atom is -0.302 e. The van der Waals surface area contributed by atoms with Gasteiger partial charge in [-0.25, -0.2) is 0 Å². The zero-order valence-corrected chi connectivity index (χ0v) is 13.9. The van der Waals surface area contributed by atoms with Gasteiger partial charge in [0, 0.05) is 15.2 Å². The monoisotopic (exact) mass is 361 g/mol. The van der Waals surface area contributed by atoms with Crippen LogP contribution >= 0.6 is 22.6 Å². The van der Waals surface area contributed by atoms with Crippen molar-refractivity contribution in [3.63, 3.8) is 0 Å². The molecule has 1 aromatic carbocycles. The third-order valence-corrected chi connectivity index (χ3v) is 4.76. The Balaban J connectivity index is 2.87. The van der Waals surface area contributed by atoms with Crippen LogP contribution in [-0.4, -0.2) is 30.6 Å². The molecule has 0 heterocycles. The second-order valence-electron chi connectivity index (χ2n) is 5.15. The topological polar surface area (TPSA) is 41.3 Å². The molecule has 0 radical (unpaired) electrons. The van der Waals surface area contributed by atoms with Gasteiger partial charge in [-0.1, -0.05) is 19.1 Å². The lowest BCUT2D eigenvalue weighted by Gasteiger charge is -2.42. The highest BCUT2D eigenvalue weighted by Crippen LogP contribution is 2.23. The number of benzene rings is 1. The second kappa shape index (κ2) is 6.84. The van der Waals surface area contributed by atoms with Gasteiger partial charge in [0.25, 0.3) is 0 Å². The average molecular weight is 361 g/mol. The number of hydrazine groups is 1. The highest BCUT2D eigenvalue weighted by molar-refractivity contribution is 14.1. The molecule has 0 aliphatic heterocycles. The average Bonchev–Trinajstić information content (AvgIpc) is 2.37. The molecule has 3 N–H and O–H groups in total. The highest BCUT2D eigenvalue weighted by atomic mass is 127. The third-order valence-electron chi connectivity index (χ3n) is 4.04. The molecule has 4 heteroatoms. The number of nitrogens with two attached hydrogens (primary N) is 1. The number of hydrogen-bond donors (Lipinski definition) is 2. The number of nitrogens with zero attached hydrogens (tertiary/aromatic N) is 1. The van der Waals surface area contributed by atoms with Gasteiger partial charge >= 0.3 is 0 Å². The third kappa shape index (κ3) is 3.66. The molecule has 102 valence electrons. The van der Waals surface area contributed by atoms with E-state index >= 15 is 0 Å². The van der Waals surface area contributed by atoms with Crippen LogP contribution in [0.3, 0.4) is 0 Å². The van der Waals surface area contributed by atoms with Crippen molar-refractivity contribution in [2.45, 2.75) is 38.3 Å². The van der Waals surface area contributed by atoms with E-state index in [1.807, 2.05) is 0 Å². The molecule has 1 aromatic rings. The van der Waals surface area contributed by atoms with Crippen LogP contribution < -0.4 is 11.3 Å². The van der Waals surface area contributed by atoms with Gasteiger partial charge < -0.3 is 4.90 Å². The lowest BCUT2D eigenvalue weighted by atomic mass is 9.84. The summed E-state index contributed by atoms with van der Waals surface area (Å²) in [6, 6.07) is 8.87. The van der Waals surface area contributed by atoms with E-state index in [2.05, 4.69) is 85.1 Å². The van der Waals surface area contributed by atoms with E-state index in [0.717, 1.165) is 12.8 Å². The second-order valence-corrected chi connectivity index (χ2v) is 6.40. The molecule has 3 nitrogen and oxygen atoms in total. The maximum absolute atomic E-state index is 5.77. The fourth-order valence-electron chi connectivity index (χ4n) is 2.19. The minimum absolute atomic E-state index is 0.0533. The quantitative estimate of drug-likeness (QED) is 0.465. The number of halogens is 1. The first-order valence-electron chi connectivity index (χ1n) is 6.32. The summed E-state index contributed by atoms with van der Waals surface area (Å²) in [5.41, 5.74) is 4.37. The van der Waals surface area contributed by atoms with Crippen molar-refractivity contribution in [3.8, 4) is 0 Å². The first-order valence-corrected chi connectivity index (χ1v) is 7.40. The fourth-order valence-corrected chi connectivity index (χ4v) is 2.55. The predicted molar refractivity (Wildman–Crippen MR) is 86.4 cm³/mol. The molecule has 0 spiro atoms. The van der Waals surface area contributed by atoms with E-state index in [9.17, 15) is 0 Å². The standard InChI is InChI=1S/C14H24IN3/c1-5-14(2,18(3)4)13(17-16)10-11-6-8-12(15)9-7-11/h6-9,13,17H,5,10,16H2,1-4H3. The summed E-state index contributed by atoms with van der Waals surface area (Å²) in [4.78, 5) is 2.25. The van der Waals surface area contributed by atoms with Crippen LogP contribution in [0.5, 0.6) is 0 Å². The lowest BCUT2D eigenvalue weighted by molar-refractivity contribution is 0.112. The number of nitrogens with one attached hydrogen (secondary N) is 1. The van der Waals surface area contributed by atoms with Crippen molar-refractivity contribution in [2.75, 3.05) is 14.1 Å². The molecule has 0 aromatic heterocycles. The molecule has 0 aliphatic carbocycles. The van der Waals surface area contributed by atoms with E-state index in [0.29, 0.717) is 0 Å². The summed E-state index contributed by atoms with van der Waals surface area (Å²) in [5, 5.41) is 0. The van der Waals surface area contributed by atoms with Crippen LogP contribution in [0.2, 0.25) is 0 Å². The summed E-state index contributed by atoms with van der Waals surface area (Å²) in [5.74, 6) is 5.77. The van der Waals surface area contributed by atoms with Gasteiger partial charge in [0.1, 0.15) is 0 Å². The van der Waals surface area contributed by atoms with E-state index in [-0.39, 0.29) is 11.6 Å². The Bertz CT molecular complexity index is 364. The molecule has 0 amide bonds.